The van der Waals surface area contributed by atoms with E-state index in [0.717, 1.165) is 19.4 Å². The van der Waals surface area contributed by atoms with Gasteiger partial charge in [0, 0.05) is 18.4 Å². The maximum atomic E-state index is 3.48. The van der Waals surface area contributed by atoms with Crippen LogP contribution in [-0.4, -0.2) is 23.0 Å². The number of likely N-dealkylation sites (tertiary alicyclic amines) is 1. The molecule has 0 bridgehead atoms. The highest BCUT2D eigenvalue weighted by Crippen LogP contribution is 2.19. The van der Waals surface area contributed by atoms with Crippen LogP contribution in [0.25, 0.3) is 0 Å². The lowest BCUT2D eigenvalue weighted by Crippen LogP contribution is -2.29. The third-order valence-corrected chi connectivity index (χ3v) is 3.74. The number of H-pyrrole nitrogens is 1. The summed E-state index contributed by atoms with van der Waals surface area (Å²) in [6.07, 6.45) is 8.70. The first-order chi connectivity index (χ1) is 7.85. The number of rotatable bonds is 4. The highest BCUT2D eigenvalue weighted by atomic mass is 15.1. The van der Waals surface area contributed by atoms with Gasteiger partial charge in [0.1, 0.15) is 0 Å². The predicted molar refractivity (Wildman–Crippen MR) is 68.7 cm³/mol. The van der Waals surface area contributed by atoms with Crippen LogP contribution in [0.1, 0.15) is 49.9 Å². The van der Waals surface area contributed by atoms with E-state index in [4.69, 9.17) is 0 Å². The van der Waals surface area contributed by atoms with Crippen LogP contribution in [0.5, 0.6) is 0 Å². The number of hydrogen-bond donors (Lipinski definition) is 1. The van der Waals surface area contributed by atoms with E-state index in [1.807, 2.05) is 0 Å². The minimum atomic E-state index is 1.13. The van der Waals surface area contributed by atoms with Crippen molar-refractivity contribution in [3.05, 3.63) is 23.0 Å². The zero-order valence-corrected chi connectivity index (χ0v) is 10.7. The van der Waals surface area contributed by atoms with Crippen molar-refractivity contribution in [2.75, 3.05) is 13.1 Å². The lowest BCUT2D eigenvalue weighted by molar-refractivity contribution is 0.218. The molecule has 0 aliphatic carbocycles. The Hall–Kier alpha value is -0.760. The molecule has 0 radical (unpaired) electrons. The van der Waals surface area contributed by atoms with Crippen LogP contribution in [0.15, 0.2) is 6.20 Å². The number of aryl methyl sites for hydroxylation is 1. The van der Waals surface area contributed by atoms with Crippen LogP contribution in [0, 0.1) is 0 Å². The molecular weight excluding hydrogens is 196 g/mol. The molecule has 0 unspecified atom stereocenters. The van der Waals surface area contributed by atoms with Crippen LogP contribution < -0.4 is 0 Å². The maximum Gasteiger partial charge on any atom is 0.0387 e. The average Bonchev–Trinajstić information content (AvgIpc) is 2.72. The summed E-state index contributed by atoms with van der Waals surface area (Å²) >= 11 is 0. The van der Waals surface area contributed by atoms with Gasteiger partial charge in [-0.05, 0) is 49.9 Å². The van der Waals surface area contributed by atoms with E-state index in [-0.39, 0.29) is 0 Å². The molecule has 2 rings (SSSR count). The van der Waals surface area contributed by atoms with Crippen LogP contribution in [0.4, 0.5) is 0 Å². The molecule has 0 spiro atoms. The molecule has 16 heavy (non-hydrogen) atoms. The highest BCUT2D eigenvalue weighted by molar-refractivity contribution is 5.31. The minimum Gasteiger partial charge on any atom is -0.363 e. The van der Waals surface area contributed by atoms with Crippen LogP contribution in [0.3, 0.4) is 0 Å². The second-order valence-corrected chi connectivity index (χ2v) is 4.81. The van der Waals surface area contributed by atoms with Crippen molar-refractivity contribution in [2.24, 2.45) is 0 Å². The molecule has 0 aromatic carbocycles. The van der Waals surface area contributed by atoms with E-state index in [1.54, 1.807) is 5.56 Å². The van der Waals surface area contributed by atoms with E-state index >= 15 is 0 Å². The fourth-order valence-electron chi connectivity index (χ4n) is 2.78. The smallest absolute Gasteiger partial charge is 0.0387 e. The molecule has 2 heteroatoms. The van der Waals surface area contributed by atoms with E-state index in [9.17, 15) is 0 Å². The maximum absolute atomic E-state index is 3.48. The van der Waals surface area contributed by atoms with Gasteiger partial charge in [-0.15, -0.1) is 0 Å². The summed E-state index contributed by atoms with van der Waals surface area (Å²) < 4.78 is 0. The van der Waals surface area contributed by atoms with Gasteiger partial charge in [0.15, 0.2) is 0 Å². The van der Waals surface area contributed by atoms with E-state index in [1.165, 1.54) is 43.6 Å². The fraction of sp³-hybridized carbons (Fsp3) is 0.714. The van der Waals surface area contributed by atoms with Crippen molar-refractivity contribution in [1.29, 1.82) is 0 Å². The predicted octanol–water partition coefficient (Wildman–Crippen LogP) is 3.13. The van der Waals surface area contributed by atoms with Crippen molar-refractivity contribution >= 4 is 0 Å². The van der Waals surface area contributed by atoms with Crippen LogP contribution >= 0.6 is 0 Å². The van der Waals surface area contributed by atoms with Gasteiger partial charge in [-0.3, -0.25) is 4.90 Å². The Morgan fingerprint density at radius 1 is 1.12 bits per heavy atom. The molecule has 2 nitrogen and oxygen atoms in total. The first-order valence-corrected chi connectivity index (χ1v) is 6.75. The Morgan fingerprint density at radius 2 is 1.88 bits per heavy atom. The quantitative estimate of drug-likeness (QED) is 0.826. The van der Waals surface area contributed by atoms with E-state index in [2.05, 4.69) is 29.9 Å². The third kappa shape index (κ3) is 2.49. The van der Waals surface area contributed by atoms with Gasteiger partial charge in [-0.2, -0.15) is 0 Å². The Balaban J connectivity index is 2.05. The monoisotopic (exact) mass is 220 g/mol. The summed E-state index contributed by atoms with van der Waals surface area (Å²) in [5, 5.41) is 0. The second kappa shape index (κ2) is 5.53. The van der Waals surface area contributed by atoms with Gasteiger partial charge in [0.05, 0.1) is 0 Å². The average molecular weight is 220 g/mol. The first kappa shape index (κ1) is 11.7. The number of nitrogens with zero attached hydrogens (tertiary/aromatic N) is 1. The number of hydrogen-bond acceptors (Lipinski definition) is 1. The summed E-state index contributed by atoms with van der Waals surface area (Å²) in [7, 11) is 0. The van der Waals surface area contributed by atoms with Gasteiger partial charge in [-0.1, -0.05) is 20.3 Å². The van der Waals surface area contributed by atoms with Crippen molar-refractivity contribution in [1.82, 2.24) is 9.88 Å². The number of aromatic nitrogens is 1. The number of aromatic amines is 1. The van der Waals surface area contributed by atoms with Gasteiger partial charge in [-0.25, -0.2) is 0 Å². The largest absolute Gasteiger partial charge is 0.363 e. The van der Waals surface area contributed by atoms with Crippen molar-refractivity contribution in [2.45, 2.75) is 52.5 Å². The van der Waals surface area contributed by atoms with Gasteiger partial charge in [0.2, 0.25) is 0 Å². The van der Waals surface area contributed by atoms with Gasteiger partial charge >= 0.3 is 0 Å². The molecule has 1 saturated heterocycles. The molecule has 90 valence electrons. The lowest BCUT2D eigenvalue weighted by atomic mass is 10.1. The van der Waals surface area contributed by atoms with Crippen LogP contribution in [-0.2, 0) is 19.4 Å². The number of piperidine rings is 1. The molecular formula is C14H24N2. The third-order valence-electron chi connectivity index (χ3n) is 3.74. The van der Waals surface area contributed by atoms with E-state index < -0.39 is 0 Å². The SMILES string of the molecule is CCc1c[nH]c(CN2CCCCC2)c1CC. The fourth-order valence-corrected chi connectivity index (χ4v) is 2.78. The topological polar surface area (TPSA) is 19.0 Å². The number of nitrogens with one attached hydrogen (secondary N) is 1. The molecule has 0 saturated carbocycles. The first-order valence-electron chi connectivity index (χ1n) is 6.75. The summed E-state index contributed by atoms with van der Waals surface area (Å²) in [5.74, 6) is 0. The van der Waals surface area contributed by atoms with Gasteiger partial charge < -0.3 is 4.98 Å². The summed E-state index contributed by atoms with van der Waals surface area (Å²) in [4.78, 5) is 6.07. The normalized spacial score (nSPS) is 17.9. The zero-order valence-electron chi connectivity index (χ0n) is 10.7. The molecule has 1 aromatic heterocycles. The summed E-state index contributed by atoms with van der Waals surface area (Å²) in [5.41, 5.74) is 4.53. The Kier molecular flexibility index (Phi) is 4.05. The molecule has 1 N–H and O–H groups in total. The molecule has 1 aromatic rings. The second-order valence-electron chi connectivity index (χ2n) is 4.81. The standard InChI is InChI=1S/C14H24N2/c1-3-12-10-15-14(13(12)4-2)11-16-8-6-5-7-9-16/h10,15H,3-9,11H2,1-2H3. The van der Waals surface area contributed by atoms with E-state index in [0.29, 0.717) is 0 Å². The van der Waals surface area contributed by atoms with Crippen molar-refractivity contribution < 1.29 is 0 Å². The molecule has 1 fully saturated rings. The molecule has 0 atom stereocenters. The summed E-state index contributed by atoms with van der Waals surface area (Å²) in [6.45, 7) is 8.20. The Labute approximate surface area is 99.0 Å². The Bertz CT molecular complexity index is 321. The molecule has 1 aliphatic heterocycles. The summed E-state index contributed by atoms with van der Waals surface area (Å²) in [6, 6.07) is 0. The minimum absolute atomic E-state index is 1.13. The van der Waals surface area contributed by atoms with Crippen LogP contribution in [0.2, 0.25) is 0 Å². The van der Waals surface area contributed by atoms with Crippen molar-refractivity contribution in [3.63, 3.8) is 0 Å². The molecule has 0 amide bonds. The zero-order chi connectivity index (χ0) is 11.4. The lowest BCUT2D eigenvalue weighted by Gasteiger charge is -2.26. The molecule has 2 heterocycles. The Morgan fingerprint density at radius 3 is 2.50 bits per heavy atom. The molecule has 1 aliphatic rings. The van der Waals surface area contributed by atoms with Crippen molar-refractivity contribution in [3.8, 4) is 0 Å². The highest BCUT2D eigenvalue weighted by Gasteiger charge is 2.14. The van der Waals surface area contributed by atoms with Gasteiger partial charge in [0.25, 0.3) is 0 Å².